The summed E-state index contributed by atoms with van der Waals surface area (Å²) in [6, 6.07) is 0.788. The number of benzene rings is 1. The lowest BCUT2D eigenvalue weighted by Gasteiger charge is -2.32. The minimum atomic E-state index is -1.12. The van der Waals surface area contributed by atoms with Gasteiger partial charge >= 0.3 is 5.97 Å². The number of carboxylic acids is 1. The van der Waals surface area contributed by atoms with Crippen LogP contribution in [0.1, 0.15) is 15.9 Å². The molecular formula is C13H13F2NO3S. The maximum absolute atomic E-state index is 13.7. The Hall–Kier alpha value is -1.63. The van der Waals surface area contributed by atoms with Gasteiger partial charge in [0.2, 0.25) is 0 Å². The van der Waals surface area contributed by atoms with Gasteiger partial charge in [-0.15, -0.1) is 0 Å². The van der Waals surface area contributed by atoms with E-state index in [1.165, 1.54) is 18.7 Å². The van der Waals surface area contributed by atoms with Gasteiger partial charge in [-0.2, -0.15) is 11.8 Å². The molecule has 1 heterocycles. The lowest BCUT2D eigenvalue weighted by molar-refractivity contribution is -0.141. The Morgan fingerprint density at radius 2 is 2.05 bits per heavy atom. The summed E-state index contributed by atoms with van der Waals surface area (Å²) in [5.41, 5.74) is -0.143. The first kappa shape index (κ1) is 14.8. The molecule has 0 saturated carbocycles. The number of hydrogen-bond donors (Lipinski definition) is 1. The Labute approximate surface area is 118 Å². The molecule has 7 heteroatoms. The van der Waals surface area contributed by atoms with Crippen molar-refractivity contribution in [2.45, 2.75) is 13.0 Å². The number of halogens is 2. The molecule has 1 amide bonds. The number of nitrogens with zero attached hydrogens (tertiary/aromatic N) is 1. The van der Waals surface area contributed by atoms with Crippen molar-refractivity contribution < 1.29 is 23.5 Å². The van der Waals surface area contributed by atoms with Crippen molar-refractivity contribution in [2.75, 3.05) is 18.1 Å². The van der Waals surface area contributed by atoms with Crippen LogP contribution in [-0.2, 0) is 4.79 Å². The van der Waals surface area contributed by atoms with Crippen molar-refractivity contribution in [3.8, 4) is 0 Å². The number of aryl methyl sites for hydroxylation is 1. The van der Waals surface area contributed by atoms with E-state index in [1.807, 2.05) is 0 Å². The molecule has 0 aromatic heterocycles. The van der Waals surface area contributed by atoms with Crippen molar-refractivity contribution in [1.82, 2.24) is 4.90 Å². The Bertz CT molecular complexity index is 565. The first-order valence-electron chi connectivity index (χ1n) is 5.99. The van der Waals surface area contributed by atoms with E-state index in [2.05, 4.69) is 0 Å². The van der Waals surface area contributed by atoms with Crippen molar-refractivity contribution in [1.29, 1.82) is 0 Å². The van der Waals surface area contributed by atoms with Crippen molar-refractivity contribution in [3.05, 3.63) is 34.9 Å². The van der Waals surface area contributed by atoms with Gasteiger partial charge in [0.15, 0.2) is 0 Å². The maximum Gasteiger partial charge on any atom is 0.327 e. The van der Waals surface area contributed by atoms with Gasteiger partial charge in [-0.05, 0) is 18.6 Å². The molecule has 1 aliphatic heterocycles. The fourth-order valence-electron chi connectivity index (χ4n) is 2.03. The number of thioether (sulfide) groups is 1. The van der Waals surface area contributed by atoms with E-state index < -0.39 is 29.6 Å². The maximum atomic E-state index is 13.7. The van der Waals surface area contributed by atoms with Crippen molar-refractivity contribution >= 4 is 23.6 Å². The third kappa shape index (κ3) is 2.77. The Balaban J connectivity index is 2.34. The molecule has 1 fully saturated rings. The van der Waals surface area contributed by atoms with E-state index in [0.29, 0.717) is 11.8 Å². The van der Waals surface area contributed by atoms with Gasteiger partial charge in [0.05, 0.1) is 5.56 Å². The SMILES string of the molecule is Cc1cc(C(=O)N2CCSCC2C(=O)O)c(F)cc1F. The highest BCUT2D eigenvalue weighted by Crippen LogP contribution is 2.22. The smallest absolute Gasteiger partial charge is 0.327 e. The number of carbonyl (C=O) groups is 2. The van der Waals surface area contributed by atoms with Gasteiger partial charge in [0.25, 0.3) is 5.91 Å². The molecule has 1 unspecified atom stereocenters. The van der Waals surface area contributed by atoms with E-state index in [1.54, 1.807) is 0 Å². The second kappa shape index (κ2) is 5.78. The Morgan fingerprint density at radius 3 is 2.70 bits per heavy atom. The number of carboxylic acid groups (broad SMARTS) is 1. The summed E-state index contributed by atoms with van der Waals surface area (Å²) in [5, 5.41) is 9.11. The zero-order chi connectivity index (χ0) is 14.9. The lowest BCUT2D eigenvalue weighted by Crippen LogP contribution is -2.50. The number of amides is 1. The number of carbonyl (C=O) groups excluding carboxylic acids is 1. The van der Waals surface area contributed by atoms with Gasteiger partial charge in [-0.1, -0.05) is 0 Å². The first-order chi connectivity index (χ1) is 9.41. The normalized spacial score (nSPS) is 18.9. The van der Waals surface area contributed by atoms with Crippen LogP contribution in [0.3, 0.4) is 0 Å². The minimum Gasteiger partial charge on any atom is -0.480 e. The quantitative estimate of drug-likeness (QED) is 0.906. The molecule has 0 bridgehead atoms. The topological polar surface area (TPSA) is 57.6 Å². The summed E-state index contributed by atoms with van der Waals surface area (Å²) >= 11 is 1.43. The number of aliphatic carboxylic acids is 1. The van der Waals surface area contributed by atoms with Crippen LogP contribution in [0.4, 0.5) is 8.78 Å². The molecule has 20 heavy (non-hydrogen) atoms. The molecule has 0 spiro atoms. The third-order valence-electron chi connectivity index (χ3n) is 3.15. The second-order valence-corrected chi connectivity index (χ2v) is 5.66. The third-order valence-corrected chi connectivity index (χ3v) is 4.18. The highest BCUT2D eigenvalue weighted by molar-refractivity contribution is 7.99. The predicted octanol–water partition coefficient (Wildman–Crippen LogP) is 1.92. The predicted molar refractivity (Wildman–Crippen MR) is 70.9 cm³/mol. The van der Waals surface area contributed by atoms with Crippen LogP contribution in [0.2, 0.25) is 0 Å². The van der Waals surface area contributed by atoms with Crippen LogP contribution >= 0.6 is 11.8 Å². The monoisotopic (exact) mass is 301 g/mol. The molecule has 4 nitrogen and oxygen atoms in total. The minimum absolute atomic E-state index is 0.146. The molecule has 108 valence electrons. The Morgan fingerprint density at radius 1 is 1.35 bits per heavy atom. The summed E-state index contributed by atoms with van der Waals surface area (Å²) in [6.07, 6.45) is 0. The van der Waals surface area contributed by atoms with Crippen LogP contribution < -0.4 is 0 Å². The fourth-order valence-corrected chi connectivity index (χ4v) is 3.07. The zero-order valence-electron chi connectivity index (χ0n) is 10.7. The van der Waals surface area contributed by atoms with Crippen molar-refractivity contribution in [2.24, 2.45) is 0 Å². The van der Waals surface area contributed by atoms with Gasteiger partial charge in [0, 0.05) is 24.1 Å². The molecule has 1 N–H and O–H groups in total. The molecule has 0 radical (unpaired) electrons. The Kier molecular flexibility index (Phi) is 4.27. The molecule has 0 aliphatic carbocycles. The van der Waals surface area contributed by atoms with Crippen LogP contribution in [0.5, 0.6) is 0 Å². The van der Waals surface area contributed by atoms with Crippen LogP contribution in [-0.4, -0.2) is 46.0 Å². The summed E-state index contributed by atoms with van der Waals surface area (Å²) in [4.78, 5) is 24.6. The van der Waals surface area contributed by atoms with Gasteiger partial charge < -0.3 is 10.0 Å². The number of hydrogen-bond acceptors (Lipinski definition) is 3. The molecular weight excluding hydrogens is 288 g/mol. The molecule has 1 aromatic carbocycles. The lowest BCUT2D eigenvalue weighted by atomic mass is 10.1. The highest BCUT2D eigenvalue weighted by Gasteiger charge is 2.34. The van der Waals surface area contributed by atoms with Crippen LogP contribution in [0, 0.1) is 18.6 Å². The summed E-state index contributed by atoms with van der Waals surface area (Å²) in [5.74, 6) is -2.67. The van der Waals surface area contributed by atoms with Crippen molar-refractivity contribution in [3.63, 3.8) is 0 Å². The highest BCUT2D eigenvalue weighted by atomic mass is 32.2. The zero-order valence-corrected chi connectivity index (χ0v) is 11.5. The van der Waals surface area contributed by atoms with E-state index in [0.717, 1.165) is 11.0 Å². The summed E-state index contributed by atoms with van der Waals surface area (Å²) < 4.78 is 26.9. The first-order valence-corrected chi connectivity index (χ1v) is 7.14. The van der Waals surface area contributed by atoms with Crippen LogP contribution in [0.15, 0.2) is 12.1 Å². The van der Waals surface area contributed by atoms with Gasteiger partial charge in [0.1, 0.15) is 17.7 Å². The van der Waals surface area contributed by atoms with Crippen LogP contribution in [0.25, 0.3) is 0 Å². The second-order valence-electron chi connectivity index (χ2n) is 4.51. The van der Waals surface area contributed by atoms with Gasteiger partial charge in [-0.3, -0.25) is 4.79 Å². The largest absolute Gasteiger partial charge is 0.480 e. The molecule has 2 rings (SSSR count). The molecule has 1 saturated heterocycles. The number of rotatable bonds is 2. The van der Waals surface area contributed by atoms with E-state index in [4.69, 9.17) is 5.11 Å². The molecule has 1 aliphatic rings. The summed E-state index contributed by atoms with van der Waals surface area (Å²) in [7, 11) is 0. The molecule has 1 atom stereocenters. The van der Waals surface area contributed by atoms with E-state index >= 15 is 0 Å². The van der Waals surface area contributed by atoms with E-state index in [9.17, 15) is 18.4 Å². The summed E-state index contributed by atoms with van der Waals surface area (Å²) in [6.45, 7) is 1.66. The van der Waals surface area contributed by atoms with Gasteiger partial charge in [-0.25, -0.2) is 13.6 Å². The van der Waals surface area contributed by atoms with E-state index in [-0.39, 0.29) is 23.4 Å². The average molecular weight is 301 g/mol. The molecule has 1 aromatic rings. The average Bonchev–Trinajstić information content (AvgIpc) is 2.42. The fraction of sp³-hybridized carbons (Fsp3) is 0.385. The standard InChI is InChI=1S/C13H13F2NO3S/c1-7-4-8(10(15)5-9(7)14)12(17)16-2-3-20-6-11(16)13(18)19/h4-5,11H,2-3,6H2,1H3,(H,18,19).